The highest BCUT2D eigenvalue weighted by molar-refractivity contribution is 5.48. The van der Waals surface area contributed by atoms with Gasteiger partial charge in [-0.1, -0.05) is 18.2 Å². The normalized spacial score (nSPS) is 19.8. The molecule has 0 radical (unpaired) electrons. The van der Waals surface area contributed by atoms with Gasteiger partial charge < -0.3 is 19.5 Å². The summed E-state index contributed by atoms with van der Waals surface area (Å²) in [5, 5.41) is 3.23. The van der Waals surface area contributed by atoms with Crippen molar-refractivity contribution in [2.75, 3.05) is 26.2 Å². The summed E-state index contributed by atoms with van der Waals surface area (Å²) in [6, 6.07) is 9.71. The first-order valence-corrected chi connectivity index (χ1v) is 8.90. The monoisotopic (exact) mass is 416 g/mol. The van der Waals surface area contributed by atoms with Gasteiger partial charge in [-0.15, -0.1) is 22.0 Å². The summed E-state index contributed by atoms with van der Waals surface area (Å²) >= 11 is 0. The van der Waals surface area contributed by atoms with Crippen molar-refractivity contribution in [3.63, 3.8) is 0 Å². The van der Waals surface area contributed by atoms with Crippen LogP contribution in [0, 0.1) is 0 Å². The Bertz CT molecular complexity index is 867. The van der Waals surface area contributed by atoms with Crippen molar-refractivity contribution < 1.29 is 36.2 Å². The molecule has 5 nitrogen and oxygen atoms in total. The van der Waals surface area contributed by atoms with Gasteiger partial charge >= 0.3 is 12.7 Å². The maximum atomic E-state index is 13.4. The molecule has 4 rings (SSSR count). The Labute approximate surface area is 163 Å². The van der Waals surface area contributed by atoms with E-state index in [2.05, 4.69) is 24.4 Å². The maximum Gasteiger partial charge on any atom is 0.586 e. The van der Waals surface area contributed by atoms with Crippen molar-refractivity contribution in [1.82, 2.24) is 10.2 Å². The van der Waals surface area contributed by atoms with Crippen LogP contribution in [-0.2, 0) is 0 Å². The second-order valence-corrected chi connectivity index (χ2v) is 6.68. The van der Waals surface area contributed by atoms with Gasteiger partial charge in [-0.25, -0.2) is 0 Å². The van der Waals surface area contributed by atoms with Gasteiger partial charge in [0.15, 0.2) is 11.5 Å². The molecule has 2 heterocycles. The van der Waals surface area contributed by atoms with Crippen LogP contribution in [0.1, 0.15) is 17.2 Å². The number of nitrogens with one attached hydrogen (secondary N) is 1. The first-order chi connectivity index (χ1) is 13.7. The molecule has 1 fully saturated rings. The zero-order valence-corrected chi connectivity index (χ0v) is 15.0. The Morgan fingerprint density at radius 1 is 0.931 bits per heavy atom. The van der Waals surface area contributed by atoms with Gasteiger partial charge in [0, 0.05) is 26.2 Å². The van der Waals surface area contributed by atoms with Crippen LogP contribution in [-0.4, -0.2) is 43.7 Å². The van der Waals surface area contributed by atoms with Crippen molar-refractivity contribution in [2.24, 2.45) is 0 Å². The van der Waals surface area contributed by atoms with Crippen molar-refractivity contribution >= 4 is 0 Å². The van der Waals surface area contributed by atoms with Crippen molar-refractivity contribution in [3.05, 3.63) is 53.6 Å². The number of halogens is 5. The zero-order chi connectivity index (χ0) is 20.6. The molecule has 1 N–H and O–H groups in total. The Morgan fingerprint density at radius 2 is 1.55 bits per heavy atom. The van der Waals surface area contributed by atoms with E-state index in [1.54, 1.807) is 6.07 Å². The van der Waals surface area contributed by atoms with E-state index in [-0.39, 0.29) is 23.3 Å². The minimum Gasteiger partial charge on any atom is -0.406 e. The quantitative estimate of drug-likeness (QED) is 0.766. The number of benzene rings is 2. The fourth-order valence-electron chi connectivity index (χ4n) is 3.54. The fourth-order valence-corrected chi connectivity index (χ4v) is 3.54. The SMILES string of the molecule is FC(F)(F)Oc1ccc([C@H](c2ccc3c(c2)OC(F)(F)O3)N2CCNCC2)cc1. The van der Waals surface area contributed by atoms with E-state index in [0.29, 0.717) is 24.2 Å². The summed E-state index contributed by atoms with van der Waals surface area (Å²) in [5.74, 6) is -0.470. The molecule has 2 aromatic rings. The molecule has 0 aromatic heterocycles. The van der Waals surface area contributed by atoms with Crippen molar-refractivity contribution in [3.8, 4) is 17.2 Å². The van der Waals surface area contributed by atoms with E-state index in [0.717, 1.165) is 13.1 Å². The van der Waals surface area contributed by atoms with Crippen LogP contribution in [0.3, 0.4) is 0 Å². The first-order valence-electron chi connectivity index (χ1n) is 8.90. The molecule has 0 saturated carbocycles. The van der Waals surface area contributed by atoms with Gasteiger partial charge in [0.2, 0.25) is 0 Å². The van der Waals surface area contributed by atoms with Gasteiger partial charge in [-0.05, 0) is 35.4 Å². The van der Waals surface area contributed by atoms with E-state index < -0.39 is 12.7 Å². The molecule has 1 saturated heterocycles. The Morgan fingerprint density at radius 3 is 2.21 bits per heavy atom. The van der Waals surface area contributed by atoms with Crippen molar-refractivity contribution in [2.45, 2.75) is 18.7 Å². The Hall–Kier alpha value is -2.59. The lowest BCUT2D eigenvalue weighted by molar-refractivity contribution is -0.286. The minimum atomic E-state index is -4.78. The van der Waals surface area contributed by atoms with Gasteiger partial charge in [0.1, 0.15) is 5.75 Å². The van der Waals surface area contributed by atoms with Gasteiger partial charge in [-0.2, -0.15) is 0 Å². The van der Waals surface area contributed by atoms with Gasteiger partial charge in [0.05, 0.1) is 6.04 Å². The summed E-state index contributed by atoms with van der Waals surface area (Å²) in [7, 11) is 0. The molecular formula is C19H17F5N2O3. The maximum absolute atomic E-state index is 13.4. The van der Waals surface area contributed by atoms with Crippen LogP contribution in [0.15, 0.2) is 42.5 Å². The number of rotatable bonds is 4. The molecule has 156 valence electrons. The smallest absolute Gasteiger partial charge is 0.406 e. The molecule has 29 heavy (non-hydrogen) atoms. The highest BCUT2D eigenvalue weighted by Crippen LogP contribution is 2.43. The molecule has 1 atom stereocenters. The topological polar surface area (TPSA) is 43.0 Å². The third kappa shape index (κ3) is 4.54. The predicted octanol–water partition coefficient (Wildman–Crippen LogP) is 3.90. The Balaban J connectivity index is 1.66. The molecular weight excluding hydrogens is 399 g/mol. The van der Waals surface area contributed by atoms with E-state index in [1.165, 1.54) is 36.4 Å². The summed E-state index contributed by atoms with van der Waals surface area (Å²) in [4.78, 5) is 2.12. The summed E-state index contributed by atoms with van der Waals surface area (Å²) in [5.41, 5.74) is 1.36. The van der Waals surface area contributed by atoms with E-state index in [1.807, 2.05) is 0 Å². The number of hydrogen-bond acceptors (Lipinski definition) is 5. The third-order valence-electron chi connectivity index (χ3n) is 4.69. The second-order valence-electron chi connectivity index (χ2n) is 6.68. The molecule has 0 spiro atoms. The van der Waals surface area contributed by atoms with Crippen molar-refractivity contribution in [1.29, 1.82) is 0 Å². The largest absolute Gasteiger partial charge is 0.586 e. The average molecular weight is 416 g/mol. The first kappa shape index (κ1) is 19.7. The number of piperazine rings is 1. The Kier molecular flexibility index (Phi) is 4.99. The second kappa shape index (κ2) is 7.34. The average Bonchev–Trinajstić information content (AvgIpc) is 2.96. The number of ether oxygens (including phenoxy) is 3. The summed E-state index contributed by atoms with van der Waals surface area (Å²) < 4.78 is 76.9. The van der Waals surface area contributed by atoms with Gasteiger partial charge in [-0.3, -0.25) is 4.90 Å². The number of nitrogens with zero attached hydrogens (tertiary/aromatic N) is 1. The highest BCUT2D eigenvalue weighted by atomic mass is 19.4. The standard InChI is InChI=1S/C19H17F5N2O3/c20-18(21,22)27-14-4-1-12(2-5-14)17(26-9-7-25-8-10-26)13-3-6-15-16(11-13)29-19(23,24)28-15/h1-6,11,17,25H,7-10H2/t17-/m1/s1. The molecule has 2 aliphatic heterocycles. The van der Waals surface area contributed by atoms with E-state index in [4.69, 9.17) is 0 Å². The predicted molar refractivity (Wildman–Crippen MR) is 92.1 cm³/mol. The molecule has 2 aromatic carbocycles. The number of alkyl halides is 5. The van der Waals surface area contributed by atoms with Crippen LogP contribution >= 0.6 is 0 Å². The lowest BCUT2D eigenvalue weighted by Gasteiger charge is -2.35. The minimum absolute atomic E-state index is 0.0632. The van der Waals surface area contributed by atoms with E-state index >= 15 is 0 Å². The van der Waals surface area contributed by atoms with E-state index in [9.17, 15) is 22.0 Å². The molecule has 10 heteroatoms. The summed E-state index contributed by atoms with van der Waals surface area (Å²) in [6.45, 7) is 2.81. The highest BCUT2D eigenvalue weighted by Gasteiger charge is 2.43. The van der Waals surface area contributed by atoms with Crippen LogP contribution < -0.4 is 19.5 Å². The van der Waals surface area contributed by atoms with Crippen LogP contribution in [0.4, 0.5) is 22.0 Å². The number of hydrogen-bond donors (Lipinski definition) is 1. The van der Waals surface area contributed by atoms with Gasteiger partial charge in [0.25, 0.3) is 0 Å². The lowest BCUT2D eigenvalue weighted by atomic mass is 9.96. The fraction of sp³-hybridized carbons (Fsp3) is 0.368. The molecule has 0 unspecified atom stereocenters. The molecule has 2 aliphatic rings. The third-order valence-corrected chi connectivity index (χ3v) is 4.69. The van der Waals surface area contributed by atoms with Crippen LogP contribution in [0.2, 0.25) is 0 Å². The molecule has 0 bridgehead atoms. The summed E-state index contributed by atoms with van der Waals surface area (Å²) in [6.07, 6.45) is -8.50. The van der Waals surface area contributed by atoms with Crippen LogP contribution in [0.25, 0.3) is 0 Å². The molecule has 0 aliphatic carbocycles. The lowest BCUT2D eigenvalue weighted by Crippen LogP contribution is -2.45. The van der Waals surface area contributed by atoms with Crippen LogP contribution in [0.5, 0.6) is 17.2 Å². The zero-order valence-electron chi connectivity index (χ0n) is 15.0. The number of fused-ring (bicyclic) bond motifs is 1. The molecule has 0 amide bonds.